The highest BCUT2D eigenvalue weighted by atomic mass is 35.5. The number of allylic oxidation sites excluding steroid dienone is 3. The molecule has 2 aromatic carbocycles. The van der Waals surface area contributed by atoms with Gasteiger partial charge >= 0.3 is 18.0 Å². The number of likely N-dealkylation sites (N-methyl/N-ethyl adjacent to an activating group) is 1. The number of carbonyl (C=O) groups excluding carboxylic acids is 8. The highest BCUT2D eigenvalue weighted by molar-refractivity contribution is 8.77. The fourth-order valence-corrected chi connectivity index (χ4v) is 13.9. The van der Waals surface area contributed by atoms with E-state index in [2.05, 4.69) is 15.8 Å². The molecule has 26 nitrogen and oxygen atoms in total. The predicted octanol–water partition coefficient (Wildman–Crippen LogP) is 6.75. The molecule has 6 amide bonds. The van der Waals surface area contributed by atoms with Crippen molar-refractivity contribution in [3.05, 3.63) is 75.8 Å². The number of ether oxygens (including phenoxy) is 10. The molecule has 3 N–H and O–H groups in total. The number of amides is 6. The molecule has 3 saturated heterocycles. The molecule has 94 heavy (non-hydrogen) atoms. The van der Waals surface area contributed by atoms with E-state index in [0.717, 1.165) is 40.8 Å². The van der Waals surface area contributed by atoms with Crippen molar-refractivity contribution in [3.63, 3.8) is 0 Å². The minimum Gasteiger partial charge on any atom is -0.495 e. The number of nitrogens with one attached hydrogen (secondary N) is 2. The summed E-state index contributed by atoms with van der Waals surface area (Å²) < 4.78 is 57.0. The van der Waals surface area contributed by atoms with Gasteiger partial charge in [0.25, 0.3) is 11.8 Å². The fraction of sp³-hybridized carbons (Fsp3) is 0.615. The van der Waals surface area contributed by atoms with Crippen molar-refractivity contribution < 1.29 is 95.7 Å². The Morgan fingerprint density at radius 1 is 0.926 bits per heavy atom. The van der Waals surface area contributed by atoms with Crippen LogP contribution >= 0.6 is 33.2 Å². The van der Waals surface area contributed by atoms with Gasteiger partial charge in [-0.15, -0.1) is 5.06 Å². The number of hydrogen-bond acceptors (Lipinski definition) is 23. The zero-order chi connectivity index (χ0) is 68.3. The fourth-order valence-electron chi connectivity index (χ4n) is 11.1. The van der Waals surface area contributed by atoms with Crippen molar-refractivity contribution >= 4 is 92.2 Å². The second-order valence-electron chi connectivity index (χ2n) is 24.4. The van der Waals surface area contributed by atoms with Crippen LogP contribution in [0.2, 0.25) is 5.02 Å². The first-order valence-corrected chi connectivity index (χ1v) is 34.1. The van der Waals surface area contributed by atoms with E-state index in [9.17, 15) is 43.5 Å². The number of halogens is 1. The number of nitrogens with zero attached hydrogens (tertiary/aromatic N) is 4. The Labute approximate surface area is 561 Å². The summed E-state index contributed by atoms with van der Waals surface area (Å²) in [5.74, 6) is -2.83. The van der Waals surface area contributed by atoms with Crippen LogP contribution in [-0.4, -0.2) is 208 Å². The molecule has 0 saturated carbocycles. The van der Waals surface area contributed by atoms with Gasteiger partial charge in [0.1, 0.15) is 53.1 Å². The minimum absolute atomic E-state index is 0.0329. The van der Waals surface area contributed by atoms with Gasteiger partial charge in [0.05, 0.1) is 90.3 Å². The van der Waals surface area contributed by atoms with Gasteiger partial charge in [0.2, 0.25) is 17.7 Å². The SMILES string of the molecule is COc1cc2cc(c1Cl)N(C)C(=O)C[C@H](OC(=O)[C@H](C)N(C)C(=O)CCSSC(C)(C)CC(=O)N/N=C1\CCCc3cc(OCCOCCOCCOCCOCCC(=O)ON4C(=O)CCC4=O)ccc31)C1(C)O[C@H]1[C@H](C)[C@@H]1C[C@@](O)(NC(=O)O1)[C@H](OC)/C=C/C=C(\C)C2. The second-order valence-corrected chi connectivity index (χ2v) is 27.9. The maximum atomic E-state index is 14.4. The van der Waals surface area contributed by atoms with E-state index < -0.39 is 88.2 Å². The average molecular weight is 1370 g/mol. The van der Waals surface area contributed by atoms with E-state index in [0.29, 0.717) is 87.1 Å². The topological polar surface area (TPSA) is 308 Å². The largest absolute Gasteiger partial charge is 0.495 e. The Morgan fingerprint density at radius 2 is 1.60 bits per heavy atom. The lowest BCUT2D eigenvalue weighted by Gasteiger charge is -2.42. The van der Waals surface area contributed by atoms with Gasteiger partial charge in [-0.05, 0) is 102 Å². The molecule has 5 aliphatic rings. The van der Waals surface area contributed by atoms with Gasteiger partial charge in [0, 0.05) is 75.3 Å². The van der Waals surface area contributed by atoms with E-state index in [1.165, 1.54) is 59.6 Å². The molecule has 4 heterocycles. The van der Waals surface area contributed by atoms with E-state index in [1.54, 1.807) is 45.2 Å². The van der Waals surface area contributed by atoms with Crippen LogP contribution in [0, 0.1) is 5.92 Å². The molecule has 1 aliphatic carbocycles. The molecule has 1 unspecified atom stereocenters. The molecule has 29 heteroatoms. The number of benzene rings is 2. The maximum Gasteiger partial charge on any atom is 0.409 e. The molecule has 518 valence electrons. The van der Waals surface area contributed by atoms with Crippen molar-refractivity contribution in [2.45, 2.75) is 159 Å². The van der Waals surface area contributed by atoms with Gasteiger partial charge in [0.15, 0.2) is 5.72 Å². The number of epoxide rings is 1. The highest BCUT2D eigenvalue weighted by Gasteiger charge is 2.64. The lowest BCUT2D eigenvalue weighted by atomic mass is 9.83. The zero-order valence-electron chi connectivity index (χ0n) is 55.1. The molecular formula is C65H89ClN6O20S2. The maximum absolute atomic E-state index is 14.4. The Bertz CT molecular complexity index is 3120. The van der Waals surface area contributed by atoms with Gasteiger partial charge in [-0.2, -0.15) is 5.10 Å². The Morgan fingerprint density at radius 3 is 2.27 bits per heavy atom. The van der Waals surface area contributed by atoms with E-state index in [4.69, 9.17) is 63.8 Å². The monoisotopic (exact) mass is 1370 g/mol. The van der Waals surface area contributed by atoms with Crippen LogP contribution in [0.1, 0.15) is 116 Å². The van der Waals surface area contributed by atoms with Crippen LogP contribution in [0.15, 0.2) is 59.2 Å². The number of anilines is 1. The first kappa shape index (κ1) is 75.0. The smallest absolute Gasteiger partial charge is 0.409 e. The second kappa shape index (κ2) is 35.1. The molecular weight excluding hydrogens is 1280 g/mol. The predicted molar refractivity (Wildman–Crippen MR) is 349 cm³/mol. The summed E-state index contributed by atoms with van der Waals surface area (Å²) >= 11 is 6.85. The third-order valence-corrected chi connectivity index (χ3v) is 20.3. The molecule has 0 spiro atoms. The molecule has 0 aromatic heterocycles. The molecule has 3 fully saturated rings. The van der Waals surface area contributed by atoms with Gasteiger partial charge in [-0.1, -0.05) is 63.9 Å². The lowest BCUT2D eigenvalue weighted by molar-refractivity contribution is -0.198. The average Bonchev–Trinajstić information content (AvgIpc) is 1.57. The molecule has 0 radical (unpaired) electrons. The van der Waals surface area contributed by atoms with Crippen LogP contribution in [0.5, 0.6) is 11.5 Å². The summed E-state index contributed by atoms with van der Waals surface area (Å²) in [5, 5.41) is 19.7. The summed E-state index contributed by atoms with van der Waals surface area (Å²) in [6.07, 6.45) is 3.03. The van der Waals surface area contributed by atoms with Gasteiger partial charge in [-0.3, -0.25) is 29.3 Å². The number of hydroxylamine groups is 2. The third-order valence-electron chi connectivity index (χ3n) is 16.6. The van der Waals surface area contributed by atoms with Crippen LogP contribution in [-0.2, 0) is 89.1 Å². The number of alkyl carbamates (subject to hydrolysis) is 1. The number of methoxy groups -OCH3 is 2. The number of carbonyl (C=O) groups is 8. The van der Waals surface area contributed by atoms with Crippen molar-refractivity contribution in [2.75, 3.05) is 98.4 Å². The van der Waals surface area contributed by atoms with Crippen LogP contribution in [0.4, 0.5) is 10.5 Å². The molecule has 8 atom stereocenters. The van der Waals surface area contributed by atoms with E-state index in [1.807, 2.05) is 45.0 Å². The first-order chi connectivity index (χ1) is 44.8. The summed E-state index contributed by atoms with van der Waals surface area (Å²) in [6.45, 7) is 13.5. The van der Waals surface area contributed by atoms with E-state index in [-0.39, 0.29) is 75.0 Å². The highest BCUT2D eigenvalue weighted by Crippen LogP contribution is 2.49. The Hall–Kier alpha value is -6.34. The van der Waals surface area contributed by atoms with Crippen molar-refractivity contribution in [2.24, 2.45) is 11.0 Å². The summed E-state index contributed by atoms with van der Waals surface area (Å²) in [6, 6.07) is 8.27. The van der Waals surface area contributed by atoms with Crippen molar-refractivity contribution in [1.82, 2.24) is 20.7 Å². The van der Waals surface area contributed by atoms with Crippen LogP contribution in [0.3, 0.4) is 0 Å². The molecule has 7 rings (SSSR count). The number of fused-ring (bicyclic) bond motifs is 6. The minimum atomic E-state index is -1.88. The summed E-state index contributed by atoms with van der Waals surface area (Å²) in [5.41, 5.74) is 4.40. The number of hydrazone groups is 1. The quantitative estimate of drug-likeness (QED) is 0.0182. The van der Waals surface area contributed by atoms with Crippen molar-refractivity contribution in [1.29, 1.82) is 0 Å². The van der Waals surface area contributed by atoms with Crippen molar-refractivity contribution in [3.8, 4) is 11.5 Å². The molecule has 4 bridgehead atoms. The van der Waals surface area contributed by atoms with E-state index >= 15 is 0 Å². The van der Waals surface area contributed by atoms with Crippen LogP contribution < -0.4 is 25.1 Å². The first-order valence-electron chi connectivity index (χ1n) is 31.4. The Balaban J connectivity index is 0.822. The normalized spacial score (nSPS) is 24.8. The van der Waals surface area contributed by atoms with Gasteiger partial charge < -0.3 is 67.1 Å². The number of esters is 1. The summed E-state index contributed by atoms with van der Waals surface area (Å²) in [7, 11) is 8.85. The number of aliphatic hydroxyl groups is 1. The van der Waals surface area contributed by atoms with Gasteiger partial charge in [-0.25, -0.2) is 19.8 Å². The zero-order valence-corrected chi connectivity index (χ0v) is 57.5. The number of hydrogen-bond donors (Lipinski definition) is 3. The molecule has 2 aromatic rings. The molecule has 4 aliphatic heterocycles. The Kier molecular flexibility index (Phi) is 28.0. The summed E-state index contributed by atoms with van der Waals surface area (Å²) in [4.78, 5) is 111. The van der Waals surface area contributed by atoms with Crippen LogP contribution in [0.25, 0.3) is 0 Å². The number of imide groups is 1. The number of rotatable bonds is 30. The standard InChI is InChI=1S/C65H89ClN6O20S2/c1-40-13-11-16-51(83-10)65(81)38-50(89-62(80)67-65)41(2)60-64(6,91-60)52(37-57(77)71(8)48-34-43(33-40)35-49(82-9)59(48)66)90-61(79)42(3)70(7)54(74)22-32-93-94-63(4,5)39-53(73)69-68-47-15-12-14-44-36-45(17-18-46(44)47)88-31-30-87-29-28-86-27-26-85-25-24-84-23-21-58(78)92-72-55(75)19-20-56(72)76/h11,13,16-18,34-36,41-42,50-52,60,81H,12,14-15,19-33,37-39H2,1-10H3,(H,67,80)(H,69,73)/b16-11+,40-13+,68-47+/t41-,42+,50+,51-,52+,60+,64?,65+/m1/s1. The third kappa shape index (κ3) is 21.1. The lowest BCUT2D eigenvalue weighted by Crippen LogP contribution is -2.63. The number of aryl methyl sites for hydroxylation is 1.